The summed E-state index contributed by atoms with van der Waals surface area (Å²) in [7, 11) is -1.26. The minimum atomic E-state index is -3.13. The van der Waals surface area contributed by atoms with Crippen molar-refractivity contribution in [3.05, 3.63) is 42.2 Å². The zero-order valence-electron chi connectivity index (χ0n) is 10.3. The Morgan fingerprint density at radius 3 is 2.39 bits per heavy atom. The van der Waals surface area contributed by atoms with Gasteiger partial charge in [-0.15, -0.1) is 0 Å². The Morgan fingerprint density at radius 1 is 1.22 bits per heavy atom. The van der Waals surface area contributed by atoms with Gasteiger partial charge in [0.1, 0.15) is 0 Å². The monoisotopic (exact) mass is 265 g/mol. The van der Waals surface area contributed by atoms with Gasteiger partial charge in [0.05, 0.1) is 17.1 Å². The normalized spacial score (nSPS) is 11.4. The predicted molar refractivity (Wildman–Crippen MR) is 70.1 cm³/mol. The van der Waals surface area contributed by atoms with Crippen LogP contribution in [0.1, 0.15) is 5.69 Å². The van der Waals surface area contributed by atoms with Gasteiger partial charge in [0.15, 0.2) is 9.84 Å². The molecule has 0 aliphatic heterocycles. The van der Waals surface area contributed by atoms with Gasteiger partial charge in [0.25, 0.3) is 0 Å². The summed E-state index contributed by atoms with van der Waals surface area (Å²) in [5.41, 5.74) is 1.80. The van der Waals surface area contributed by atoms with Crippen molar-refractivity contribution in [2.24, 2.45) is 7.05 Å². The van der Waals surface area contributed by atoms with E-state index in [1.165, 1.54) is 6.26 Å². The smallest absolute Gasteiger partial charge is 0.175 e. The summed E-state index contributed by atoms with van der Waals surface area (Å²) < 4.78 is 24.3. The maximum atomic E-state index is 11.3. The summed E-state index contributed by atoms with van der Waals surface area (Å²) in [4.78, 5) is 0.325. The number of anilines is 1. The van der Waals surface area contributed by atoms with Gasteiger partial charge in [0.2, 0.25) is 0 Å². The Kier molecular flexibility index (Phi) is 3.38. The molecule has 0 unspecified atom stereocenters. The number of rotatable bonds is 4. The van der Waals surface area contributed by atoms with Crippen LogP contribution >= 0.6 is 0 Å². The number of aryl methyl sites for hydroxylation is 1. The van der Waals surface area contributed by atoms with E-state index in [4.69, 9.17) is 0 Å². The van der Waals surface area contributed by atoms with E-state index in [1.54, 1.807) is 28.9 Å². The van der Waals surface area contributed by atoms with Gasteiger partial charge in [-0.2, -0.15) is 5.10 Å². The molecule has 0 saturated heterocycles. The first-order valence-corrected chi connectivity index (χ1v) is 7.37. The molecule has 1 heterocycles. The highest BCUT2D eigenvalue weighted by atomic mass is 32.2. The molecule has 5 nitrogen and oxygen atoms in total. The first-order valence-electron chi connectivity index (χ1n) is 5.48. The van der Waals surface area contributed by atoms with E-state index < -0.39 is 9.84 Å². The molecule has 0 radical (unpaired) electrons. The maximum Gasteiger partial charge on any atom is 0.175 e. The first-order chi connectivity index (χ1) is 8.45. The average molecular weight is 265 g/mol. The van der Waals surface area contributed by atoms with Crippen molar-refractivity contribution in [2.75, 3.05) is 11.6 Å². The van der Waals surface area contributed by atoms with E-state index in [0.29, 0.717) is 11.4 Å². The average Bonchev–Trinajstić information content (AvgIpc) is 2.72. The summed E-state index contributed by atoms with van der Waals surface area (Å²) in [6, 6.07) is 8.61. The van der Waals surface area contributed by atoms with Crippen molar-refractivity contribution >= 4 is 15.5 Å². The second-order valence-corrected chi connectivity index (χ2v) is 6.15. The summed E-state index contributed by atoms with van der Waals surface area (Å²) in [5.74, 6) is 0. The highest BCUT2D eigenvalue weighted by molar-refractivity contribution is 7.90. The van der Waals surface area contributed by atoms with Crippen LogP contribution in [0.25, 0.3) is 0 Å². The van der Waals surface area contributed by atoms with E-state index in [9.17, 15) is 8.42 Å². The molecular weight excluding hydrogens is 250 g/mol. The third kappa shape index (κ3) is 3.10. The van der Waals surface area contributed by atoms with E-state index >= 15 is 0 Å². The number of hydrogen-bond donors (Lipinski definition) is 1. The van der Waals surface area contributed by atoms with Crippen LogP contribution in [-0.2, 0) is 23.4 Å². The largest absolute Gasteiger partial charge is 0.379 e. The van der Waals surface area contributed by atoms with Crippen LogP contribution in [0.3, 0.4) is 0 Å². The van der Waals surface area contributed by atoms with Crippen LogP contribution in [0.15, 0.2) is 41.4 Å². The zero-order chi connectivity index (χ0) is 13.2. The van der Waals surface area contributed by atoms with Gasteiger partial charge in [-0.3, -0.25) is 4.68 Å². The van der Waals surface area contributed by atoms with Crippen LogP contribution in [-0.4, -0.2) is 24.5 Å². The number of hydrogen-bond acceptors (Lipinski definition) is 4. The highest BCUT2D eigenvalue weighted by Gasteiger charge is 2.05. The lowest BCUT2D eigenvalue weighted by Gasteiger charge is -2.05. The number of nitrogens with one attached hydrogen (secondary N) is 1. The fraction of sp³-hybridized carbons (Fsp3) is 0.250. The lowest BCUT2D eigenvalue weighted by molar-refractivity contribution is 0.602. The van der Waals surface area contributed by atoms with Gasteiger partial charge >= 0.3 is 0 Å². The molecular formula is C12H15N3O2S. The summed E-state index contributed by atoms with van der Waals surface area (Å²) in [5, 5.41) is 7.42. The lowest BCUT2D eigenvalue weighted by atomic mass is 10.3. The van der Waals surface area contributed by atoms with Gasteiger partial charge in [-0.05, 0) is 30.3 Å². The number of benzene rings is 1. The van der Waals surface area contributed by atoms with Crippen molar-refractivity contribution in [1.29, 1.82) is 0 Å². The molecule has 0 spiro atoms. The minimum absolute atomic E-state index is 0.325. The van der Waals surface area contributed by atoms with Gasteiger partial charge in [-0.1, -0.05) is 0 Å². The minimum Gasteiger partial charge on any atom is -0.379 e. The van der Waals surface area contributed by atoms with E-state index in [2.05, 4.69) is 10.4 Å². The van der Waals surface area contributed by atoms with Crippen molar-refractivity contribution in [1.82, 2.24) is 9.78 Å². The summed E-state index contributed by atoms with van der Waals surface area (Å²) in [6.07, 6.45) is 3.08. The van der Waals surface area contributed by atoms with E-state index in [1.807, 2.05) is 19.3 Å². The molecule has 1 N–H and O–H groups in total. The third-order valence-electron chi connectivity index (χ3n) is 2.52. The maximum absolute atomic E-state index is 11.3. The lowest BCUT2D eigenvalue weighted by Crippen LogP contribution is -2.02. The van der Waals surface area contributed by atoms with Crippen LogP contribution in [0.5, 0.6) is 0 Å². The summed E-state index contributed by atoms with van der Waals surface area (Å²) in [6.45, 7) is 0.610. The SMILES string of the molecule is Cn1ccc(CNc2ccc(S(C)(=O)=O)cc2)n1. The van der Waals surface area contributed by atoms with Crippen molar-refractivity contribution in [3.63, 3.8) is 0 Å². The second-order valence-electron chi connectivity index (χ2n) is 4.13. The number of nitrogens with zero attached hydrogens (tertiary/aromatic N) is 2. The fourth-order valence-corrected chi connectivity index (χ4v) is 2.20. The molecule has 0 saturated carbocycles. The van der Waals surface area contributed by atoms with Crippen molar-refractivity contribution in [2.45, 2.75) is 11.4 Å². The van der Waals surface area contributed by atoms with Crippen LogP contribution in [0.2, 0.25) is 0 Å². The molecule has 0 atom stereocenters. The van der Waals surface area contributed by atoms with Gasteiger partial charge in [-0.25, -0.2) is 8.42 Å². The van der Waals surface area contributed by atoms with E-state index in [0.717, 1.165) is 11.4 Å². The zero-order valence-corrected chi connectivity index (χ0v) is 11.1. The second kappa shape index (κ2) is 4.81. The molecule has 2 rings (SSSR count). The molecule has 2 aromatic rings. The predicted octanol–water partition coefficient (Wildman–Crippen LogP) is 1.44. The number of aromatic nitrogens is 2. The molecule has 0 bridgehead atoms. The third-order valence-corrected chi connectivity index (χ3v) is 3.65. The van der Waals surface area contributed by atoms with E-state index in [-0.39, 0.29) is 0 Å². The Hall–Kier alpha value is -1.82. The van der Waals surface area contributed by atoms with Gasteiger partial charge < -0.3 is 5.32 Å². The Balaban J connectivity index is 2.03. The molecule has 0 amide bonds. The van der Waals surface area contributed by atoms with Crippen LogP contribution < -0.4 is 5.32 Å². The van der Waals surface area contributed by atoms with Gasteiger partial charge in [0, 0.05) is 25.2 Å². The Morgan fingerprint density at radius 2 is 1.89 bits per heavy atom. The van der Waals surface area contributed by atoms with Crippen LogP contribution in [0, 0.1) is 0 Å². The topological polar surface area (TPSA) is 64.0 Å². The number of sulfone groups is 1. The van der Waals surface area contributed by atoms with Crippen molar-refractivity contribution in [3.8, 4) is 0 Å². The standard InChI is InChI=1S/C12H15N3O2S/c1-15-8-7-11(14-15)9-13-10-3-5-12(6-4-10)18(2,16)17/h3-8,13H,9H2,1-2H3. The van der Waals surface area contributed by atoms with Crippen LogP contribution in [0.4, 0.5) is 5.69 Å². The molecule has 6 heteroatoms. The Bertz CT molecular complexity index is 630. The summed E-state index contributed by atoms with van der Waals surface area (Å²) >= 11 is 0. The first kappa shape index (κ1) is 12.6. The molecule has 1 aromatic carbocycles. The fourth-order valence-electron chi connectivity index (χ4n) is 1.57. The Labute approximate surface area is 106 Å². The molecule has 0 aliphatic rings. The van der Waals surface area contributed by atoms with Crippen molar-refractivity contribution < 1.29 is 8.42 Å². The molecule has 1 aromatic heterocycles. The quantitative estimate of drug-likeness (QED) is 0.908. The molecule has 18 heavy (non-hydrogen) atoms. The molecule has 96 valence electrons. The molecule has 0 aliphatic carbocycles. The highest BCUT2D eigenvalue weighted by Crippen LogP contribution is 2.14. The molecule has 0 fully saturated rings.